The molecule has 0 radical (unpaired) electrons. The highest BCUT2D eigenvalue weighted by molar-refractivity contribution is 6.05. The molecule has 0 bridgehead atoms. The van der Waals surface area contributed by atoms with Crippen molar-refractivity contribution in [1.29, 1.82) is 0 Å². The Kier molecular flexibility index (Phi) is 3.32. The first-order valence-corrected chi connectivity index (χ1v) is 6.26. The number of hydrogen-bond acceptors (Lipinski definition) is 3. The minimum absolute atomic E-state index is 0.0133. The molecule has 0 fully saturated rings. The van der Waals surface area contributed by atoms with E-state index < -0.39 is 11.5 Å². The zero-order valence-corrected chi connectivity index (χ0v) is 11.6. The Balaban J connectivity index is 2.45. The van der Waals surface area contributed by atoms with E-state index in [0.717, 1.165) is 16.8 Å². The van der Waals surface area contributed by atoms with Crippen LogP contribution in [-0.4, -0.2) is 25.9 Å². The molecule has 0 saturated carbocycles. The molecule has 19 heavy (non-hydrogen) atoms. The summed E-state index contributed by atoms with van der Waals surface area (Å²) in [6.45, 7) is 3.76. The molecule has 3 N–H and O–H groups in total. The van der Waals surface area contributed by atoms with Crippen molar-refractivity contribution in [2.24, 2.45) is 0 Å². The van der Waals surface area contributed by atoms with Gasteiger partial charge in [-0.2, -0.15) is 0 Å². The van der Waals surface area contributed by atoms with Crippen LogP contribution in [0.25, 0.3) is 0 Å². The van der Waals surface area contributed by atoms with Crippen LogP contribution in [0.5, 0.6) is 0 Å². The molecule has 0 aliphatic carbocycles. The van der Waals surface area contributed by atoms with E-state index >= 15 is 0 Å². The number of fused-ring (bicyclic) bond motifs is 1. The van der Waals surface area contributed by atoms with E-state index in [1.54, 1.807) is 14.1 Å². The van der Waals surface area contributed by atoms with Crippen molar-refractivity contribution >= 4 is 17.5 Å². The van der Waals surface area contributed by atoms with Crippen molar-refractivity contribution in [3.05, 3.63) is 29.3 Å². The minimum atomic E-state index is -0.563. The van der Waals surface area contributed by atoms with Crippen molar-refractivity contribution < 1.29 is 9.59 Å². The molecule has 1 aromatic rings. The maximum Gasteiger partial charge on any atom is 0.241 e. The molecule has 5 nitrogen and oxygen atoms in total. The molecule has 0 spiro atoms. The van der Waals surface area contributed by atoms with Crippen LogP contribution in [0.1, 0.15) is 31.0 Å². The largest absolute Gasteiger partial charge is 0.358 e. The summed E-state index contributed by atoms with van der Waals surface area (Å²) in [4.78, 5) is 23.7. The number of amides is 2. The van der Waals surface area contributed by atoms with Crippen LogP contribution in [0.4, 0.5) is 5.69 Å². The molecule has 102 valence electrons. The summed E-state index contributed by atoms with van der Waals surface area (Å²) < 4.78 is 0. The third-order valence-corrected chi connectivity index (χ3v) is 3.66. The monoisotopic (exact) mass is 261 g/mol. The fraction of sp³-hybridized carbons (Fsp3) is 0.429. The van der Waals surface area contributed by atoms with Gasteiger partial charge in [-0.1, -0.05) is 12.1 Å². The fourth-order valence-electron chi connectivity index (χ4n) is 2.36. The van der Waals surface area contributed by atoms with E-state index in [1.165, 1.54) is 0 Å². The Morgan fingerprint density at radius 2 is 2.00 bits per heavy atom. The van der Waals surface area contributed by atoms with E-state index in [9.17, 15) is 9.59 Å². The molecule has 1 atom stereocenters. The average Bonchev–Trinajstić information content (AvgIpc) is 2.61. The zero-order valence-electron chi connectivity index (χ0n) is 11.6. The highest BCUT2D eigenvalue weighted by Gasteiger charge is 2.38. The smallest absolute Gasteiger partial charge is 0.241 e. The Morgan fingerprint density at radius 1 is 1.32 bits per heavy atom. The highest BCUT2D eigenvalue weighted by atomic mass is 16.2. The lowest BCUT2D eigenvalue weighted by Gasteiger charge is -2.19. The SMILES string of the molecule is CNC(=O)C(NC)c1ccc2c(c1)C(C)(C)C(=O)N2. The van der Waals surface area contributed by atoms with Gasteiger partial charge in [0, 0.05) is 12.7 Å². The van der Waals surface area contributed by atoms with Gasteiger partial charge in [0.05, 0.1) is 5.41 Å². The predicted octanol–water partition coefficient (Wildman–Crippen LogP) is 0.923. The second kappa shape index (κ2) is 4.66. The van der Waals surface area contributed by atoms with Crippen LogP contribution in [0, 0.1) is 0 Å². The van der Waals surface area contributed by atoms with Gasteiger partial charge in [0.2, 0.25) is 11.8 Å². The molecule has 0 saturated heterocycles. The topological polar surface area (TPSA) is 70.2 Å². The summed E-state index contributed by atoms with van der Waals surface area (Å²) in [5.74, 6) is -0.113. The van der Waals surface area contributed by atoms with E-state index in [2.05, 4.69) is 16.0 Å². The molecule has 1 aliphatic heterocycles. The highest BCUT2D eigenvalue weighted by Crippen LogP contribution is 2.38. The number of anilines is 1. The third-order valence-electron chi connectivity index (χ3n) is 3.66. The normalized spacial score (nSPS) is 17.6. The number of likely N-dealkylation sites (N-methyl/N-ethyl adjacent to an activating group) is 2. The average molecular weight is 261 g/mol. The summed E-state index contributed by atoms with van der Waals surface area (Å²) in [6.07, 6.45) is 0. The minimum Gasteiger partial charge on any atom is -0.358 e. The zero-order chi connectivity index (χ0) is 14.2. The number of carbonyl (C=O) groups is 2. The van der Waals surface area contributed by atoms with Crippen molar-refractivity contribution in [3.8, 4) is 0 Å². The quantitative estimate of drug-likeness (QED) is 0.758. The van der Waals surface area contributed by atoms with Crippen molar-refractivity contribution in [3.63, 3.8) is 0 Å². The summed E-state index contributed by atoms with van der Waals surface area (Å²) in [6, 6.07) is 5.22. The molecule has 2 rings (SSSR count). The van der Waals surface area contributed by atoms with Crippen LogP contribution >= 0.6 is 0 Å². The van der Waals surface area contributed by atoms with E-state index in [-0.39, 0.29) is 11.8 Å². The number of nitrogens with one attached hydrogen (secondary N) is 3. The summed E-state index contributed by atoms with van der Waals surface area (Å²) in [5.41, 5.74) is 2.04. The fourth-order valence-corrected chi connectivity index (χ4v) is 2.36. The maximum absolute atomic E-state index is 11.9. The van der Waals surface area contributed by atoms with Crippen molar-refractivity contribution in [2.75, 3.05) is 19.4 Å². The number of benzene rings is 1. The lowest BCUT2D eigenvalue weighted by molar-refractivity contribution is -0.122. The maximum atomic E-state index is 11.9. The van der Waals surface area contributed by atoms with Gasteiger partial charge in [-0.25, -0.2) is 0 Å². The molecular formula is C14H19N3O2. The predicted molar refractivity (Wildman–Crippen MR) is 74.0 cm³/mol. The third kappa shape index (κ3) is 2.10. The number of carbonyl (C=O) groups excluding carboxylic acids is 2. The second-order valence-corrected chi connectivity index (χ2v) is 5.22. The van der Waals surface area contributed by atoms with Crippen molar-refractivity contribution in [1.82, 2.24) is 10.6 Å². The van der Waals surface area contributed by atoms with Crippen LogP contribution < -0.4 is 16.0 Å². The first-order valence-electron chi connectivity index (χ1n) is 6.26. The Bertz CT molecular complexity index is 537. The second-order valence-electron chi connectivity index (χ2n) is 5.22. The van der Waals surface area contributed by atoms with Crippen molar-refractivity contribution in [2.45, 2.75) is 25.3 Å². The van der Waals surface area contributed by atoms with Gasteiger partial charge in [0.25, 0.3) is 0 Å². The Morgan fingerprint density at radius 3 is 2.58 bits per heavy atom. The molecule has 1 aromatic carbocycles. The van der Waals surface area contributed by atoms with Gasteiger partial charge in [-0.3, -0.25) is 9.59 Å². The van der Waals surface area contributed by atoms with Crippen LogP contribution in [0.3, 0.4) is 0 Å². The Hall–Kier alpha value is -1.88. The number of hydrogen-bond donors (Lipinski definition) is 3. The molecule has 2 amide bonds. The van der Waals surface area contributed by atoms with Gasteiger partial charge in [-0.05, 0) is 38.1 Å². The van der Waals surface area contributed by atoms with Crippen LogP contribution in [0.15, 0.2) is 18.2 Å². The molecule has 1 heterocycles. The van der Waals surface area contributed by atoms with E-state index in [0.29, 0.717) is 0 Å². The molecule has 1 unspecified atom stereocenters. The summed E-state index contributed by atoms with van der Waals surface area (Å²) in [5, 5.41) is 8.46. The molecular weight excluding hydrogens is 242 g/mol. The van der Waals surface area contributed by atoms with Gasteiger partial charge in [-0.15, -0.1) is 0 Å². The lowest BCUT2D eigenvalue weighted by Crippen LogP contribution is -2.34. The molecule has 1 aliphatic rings. The van der Waals surface area contributed by atoms with Gasteiger partial charge in [0.15, 0.2) is 0 Å². The lowest BCUT2D eigenvalue weighted by atomic mass is 9.84. The van der Waals surface area contributed by atoms with E-state index in [4.69, 9.17) is 0 Å². The summed E-state index contributed by atoms with van der Waals surface area (Å²) >= 11 is 0. The first-order chi connectivity index (χ1) is 8.91. The number of rotatable bonds is 3. The van der Waals surface area contributed by atoms with Gasteiger partial charge >= 0.3 is 0 Å². The van der Waals surface area contributed by atoms with Crippen LogP contribution in [-0.2, 0) is 15.0 Å². The molecule has 0 aromatic heterocycles. The van der Waals surface area contributed by atoms with E-state index in [1.807, 2.05) is 32.0 Å². The Labute approximate surface area is 112 Å². The molecule has 5 heteroatoms. The first kappa shape index (κ1) is 13.5. The standard InChI is InChI=1S/C14H19N3O2/c1-14(2)9-7-8(11(15-3)12(18)16-4)5-6-10(9)17-13(14)19/h5-7,11,15H,1-4H3,(H,16,18)(H,17,19). The van der Waals surface area contributed by atoms with Gasteiger partial charge in [0.1, 0.15) is 6.04 Å². The summed E-state index contributed by atoms with van der Waals surface area (Å²) in [7, 11) is 3.34. The van der Waals surface area contributed by atoms with Crippen LogP contribution in [0.2, 0.25) is 0 Å². The van der Waals surface area contributed by atoms with Gasteiger partial charge < -0.3 is 16.0 Å².